The Balaban J connectivity index is 1.95. The number of fused-ring (bicyclic) bond motifs is 3. The lowest BCUT2D eigenvalue weighted by Crippen LogP contribution is -2.09. The molecule has 0 spiro atoms. The largest absolute Gasteiger partial charge is 0.513 e. The van der Waals surface area contributed by atoms with Gasteiger partial charge in [0.15, 0.2) is 0 Å². The van der Waals surface area contributed by atoms with E-state index < -0.39 is 6.16 Å². The van der Waals surface area contributed by atoms with E-state index in [0.29, 0.717) is 5.75 Å². The maximum absolute atomic E-state index is 11.7. The highest BCUT2D eigenvalue weighted by atomic mass is 16.7. The average molecular weight is 376 g/mol. The number of aryl methyl sites for hydroxylation is 4. The smallest absolute Gasteiger partial charge is 0.434 e. The SMILES string of the molecule is CCOC(=O)Oc1ccc2[nH]c3c(C)cc(-n4c(C)ccc4C)c(C)c3c2c1. The van der Waals surface area contributed by atoms with E-state index in [9.17, 15) is 4.79 Å². The number of aromatic amines is 1. The van der Waals surface area contributed by atoms with Crippen molar-refractivity contribution in [3.63, 3.8) is 0 Å². The first-order valence-corrected chi connectivity index (χ1v) is 9.46. The summed E-state index contributed by atoms with van der Waals surface area (Å²) >= 11 is 0. The minimum absolute atomic E-state index is 0.283. The molecule has 0 radical (unpaired) electrons. The number of carbonyl (C=O) groups excluding carboxylic acids is 1. The molecular formula is C23H24N2O3. The fraction of sp³-hybridized carbons (Fsp3) is 0.261. The van der Waals surface area contributed by atoms with Crippen molar-refractivity contribution < 1.29 is 14.3 Å². The topological polar surface area (TPSA) is 56.2 Å². The summed E-state index contributed by atoms with van der Waals surface area (Å²) in [4.78, 5) is 15.2. The third-order valence-electron chi connectivity index (χ3n) is 5.25. The molecule has 2 aromatic heterocycles. The maximum atomic E-state index is 11.7. The van der Waals surface area contributed by atoms with Crippen LogP contribution in [0.15, 0.2) is 36.4 Å². The monoisotopic (exact) mass is 376 g/mol. The summed E-state index contributed by atoms with van der Waals surface area (Å²) in [5.41, 5.74) is 8.04. The molecule has 144 valence electrons. The van der Waals surface area contributed by atoms with Crippen molar-refractivity contribution in [3.8, 4) is 11.4 Å². The number of nitrogens with one attached hydrogen (secondary N) is 1. The highest BCUT2D eigenvalue weighted by molar-refractivity contribution is 6.11. The van der Waals surface area contributed by atoms with Gasteiger partial charge in [0.25, 0.3) is 0 Å². The summed E-state index contributed by atoms with van der Waals surface area (Å²) in [5, 5.41) is 2.17. The van der Waals surface area contributed by atoms with Crippen LogP contribution in [0.3, 0.4) is 0 Å². The zero-order valence-electron chi connectivity index (χ0n) is 16.8. The van der Waals surface area contributed by atoms with E-state index >= 15 is 0 Å². The summed E-state index contributed by atoms with van der Waals surface area (Å²) in [5.74, 6) is 0.475. The number of rotatable bonds is 3. The molecule has 0 saturated carbocycles. The summed E-state index contributed by atoms with van der Waals surface area (Å²) in [6.07, 6.45) is -0.686. The summed E-state index contributed by atoms with van der Waals surface area (Å²) < 4.78 is 12.5. The Morgan fingerprint density at radius 2 is 1.75 bits per heavy atom. The van der Waals surface area contributed by atoms with Gasteiger partial charge in [0, 0.05) is 38.9 Å². The van der Waals surface area contributed by atoms with Crippen molar-refractivity contribution in [2.24, 2.45) is 0 Å². The van der Waals surface area contributed by atoms with Crippen LogP contribution in [0.2, 0.25) is 0 Å². The van der Waals surface area contributed by atoms with Crippen molar-refractivity contribution in [2.75, 3.05) is 6.61 Å². The molecule has 0 amide bonds. The number of nitrogens with zero attached hydrogens (tertiary/aromatic N) is 1. The van der Waals surface area contributed by atoms with E-state index in [1.54, 1.807) is 13.0 Å². The Labute approximate surface area is 163 Å². The van der Waals surface area contributed by atoms with Crippen LogP contribution in [0.1, 0.15) is 29.4 Å². The summed E-state index contributed by atoms with van der Waals surface area (Å²) in [6.45, 7) is 10.5. The zero-order valence-corrected chi connectivity index (χ0v) is 16.8. The van der Waals surface area contributed by atoms with Gasteiger partial charge in [-0.1, -0.05) is 0 Å². The number of H-pyrrole nitrogens is 1. The van der Waals surface area contributed by atoms with Crippen LogP contribution in [0.25, 0.3) is 27.5 Å². The first kappa shape index (κ1) is 18.2. The number of hydrogen-bond acceptors (Lipinski definition) is 3. The second-order valence-corrected chi connectivity index (χ2v) is 7.16. The molecule has 28 heavy (non-hydrogen) atoms. The third kappa shape index (κ3) is 2.83. The first-order chi connectivity index (χ1) is 13.4. The van der Waals surface area contributed by atoms with Gasteiger partial charge in [0.2, 0.25) is 0 Å². The normalized spacial score (nSPS) is 11.3. The van der Waals surface area contributed by atoms with Crippen LogP contribution >= 0.6 is 0 Å². The minimum Gasteiger partial charge on any atom is -0.434 e. The molecule has 0 fully saturated rings. The van der Waals surface area contributed by atoms with E-state index in [2.05, 4.69) is 55.4 Å². The van der Waals surface area contributed by atoms with E-state index in [-0.39, 0.29) is 6.61 Å². The molecule has 1 N–H and O–H groups in total. The van der Waals surface area contributed by atoms with Gasteiger partial charge in [0.05, 0.1) is 6.61 Å². The Hall–Kier alpha value is -3.21. The van der Waals surface area contributed by atoms with Gasteiger partial charge in [-0.2, -0.15) is 0 Å². The molecule has 0 bridgehead atoms. The second-order valence-electron chi connectivity index (χ2n) is 7.16. The molecule has 5 nitrogen and oxygen atoms in total. The first-order valence-electron chi connectivity index (χ1n) is 9.46. The van der Waals surface area contributed by atoms with Crippen LogP contribution in [0.4, 0.5) is 4.79 Å². The van der Waals surface area contributed by atoms with E-state index in [1.165, 1.54) is 28.2 Å². The molecule has 0 aliphatic carbocycles. The molecule has 2 aromatic carbocycles. The van der Waals surface area contributed by atoms with Crippen LogP contribution < -0.4 is 4.74 Å². The van der Waals surface area contributed by atoms with Crippen molar-refractivity contribution in [2.45, 2.75) is 34.6 Å². The number of carbonyl (C=O) groups is 1. The lowest BCUT2D eigenvalue weighted by molar-refractivity contribution is 0.104. The van der Waals surface area contributed by atoms with Gasteiger partial charge < -0.3 is 19.0 Å². The van der Waals surface area contributed by atoms with Crippen molar-refractivity contribution in [1.82, 2.24) is 9.55 Å². The fourth-order valence-electron chi connectivity index (χ4n) is 3.96. The molecule has 0 atom stereocenters. The van der Waals surface area contributed by atoms with E-state index in [4.69, 9.17) is 9.47 Å². The second kappa shape index (κ2) is 6.75. The van der Waals surface area contributed by atoms with Crippen LogP contribution in [-0.4, -0.2) is 22.3 Å². The summed E-state index contributed by atoms with van der Waals surface area (Å²) in [6, 6.07) is 12.1. The molecule has 0 unspecified atom stereocenters. The predicted octanol–water partition coefficient (Wildman–Crippen LogP) is 5.88. The highest BCUT2D eigenvalue weighted by Gasteiger charge is 2.16. The number of ether oxygens (including phenoxy) is 2. The van der Waals surface area contributed by atoms with Crippen LogP contribution in [-0.2, 0) is 4.74 Å². The highest BCUT2D eigenvalue weighted by Crippen LogP contribution is 2.36. The standard InChI is InChI=1S/C23H24N2O3/c1-6-27-23(26)28-17-9-10-19-18(12-17)21-16(5)20(11-13(2)22(21)24-19)25-14(3)7-8-15(25)4/h7-12,24H,6H2,1-5H3. The maximum Gasteiger partial charge on any atom is 0.513 e. The lowest BCUT2D eigenvalue weighted by atomic mass is 10.0. The van der Waals surface area contributed by atoms with E-state index in [1.807, 2.05) is 12.1 Å². The van der Waals surface area contributed by atoms with Gasteiger partial charge in [0.1, 0.15) is 5.75 Å². The average Bonchev–Trinajstić information content (AvgIpc) is 3.19. The van der Waals surface area contributed by atoms with Crippen LogP contribution in [0, 0.1) is 27.7 Å². The van der Waals surface area contributed by atoms with E-state index in [0.717, 1.165) is 21.8 Å². The number of aromatic nitrogens is 2. The van der Waals surface area contributed by atoms with Gasteiger partial charge in [-0.05, 0) is 82.1 Å². The summed E-state index contributed by atoms with van der Waals surface area (Å²) in [7, 11) is 0. The molecule has 4 aromatic rings. The van der Waals surface area contributed by atoms with Crippen molar-refractivity contribution >= 4 is 28.0 Å². The predicted molar refractivity (Wildman–Crippen MR) is 112 cm³/mol. The molecular weight excluding hydrogens is 352 g/mol. The Morgan fingerprint density at radius 3 is 2.43 bits per heavy atom. The quantitative estimate of drug-likeness (QED) is 0.359. The van der Waals surface area contributed by atoms with Gasteiger partial charge >= 0.3 is 6.16 Å². The Morgan fingerprint density at radius 1 is 1.04 bits per heavy atom. The van der Waals surface area contributed by atoms with Crippen LogP contribution in [0.5, 0.6) is 5.75 Å². The Kier molecular flexibility index (Phi) is 4.38. The lowest BCUT2D eigenvalue weighted by Gasteiger charge is -2.15. The van der Waals surface area contributed by atoms with Crippen molar-refractivity contribution in [1.29, 1.82) is 0 Å². The molecule has 5 heteroatoms. The molecule has 0 saturated heterocycles. The molecule has 4 rings (SSSR count). The van der Waals surface area contributed by atoms with Gasteiger partial charge in [-0.15, -0.1) is 0 Å². The molecule has 2 heterocycles. The van der Waals surface area contributed by atoms with Gasteiger partial charge in [-0.3, -0.25) is 0 Å². The van der Waals surface area contributed by atoms with Gasteiger partial charge in [-0.25, -0.2) is 4.79 Å². The zero-order chi connectivity index (χ0) is 20.0. The Bertz CT molecular complexity index is 1190. The van der Waals surface area contributed by atoms with Crippen molar-refractivity contribution in [3.05, 3.63) is 58.9 Å². The molecule has 0 aliphatic rings. The fourth-order valence-corrected chi connectivity index (χ4v) is 3.96. The molecule has 0 aliphatic heterocycles. The number of hydrogen-bond donors (Lipinski definition) is 1. The minimum atomic E-state index is -0.686. The third-order valence-corrected chi connectivity index (χ3v) is 5.25. The number of benzene rings is 2.